The number of nitrogens with two attached hydrogens (primary N) is 1. The van der Waals surface area contributed by atoms with Crippen LogP contribution in [0.2, 0.25) is 5.02 Å². The Morgan fingerprint density at radius 3 is 2.59 bits per heavy atom. The summed E-state index contributed by atoms with van der Waals surface area (Å²) in [5.41, 5.74) is 6.87. The van der Waals surface area contributed by atoms with Gasteiger partial charge >= 0.3 is 0 Å². The molecule has 17 heavy (non-hydrogen) atoms. The zero-order valence-electron chi connectivity index (χ0n) is 9.56. The van der Waals surface area contributed by atoms with Gasteiger partial charge in [0.05, 0.1) is 0 Å². The Labute approximate surface area is 106 Å². The number of benzene rings is 2. The van der Waals surface area contributed by atoms with Crippen molar-refractivity contribution in [3.8, 4) is 11.5 Å². The number of para-hydroxylation sites is 1. The standard InChI is InChI=1S/C14H14ClNO/c1-10(16)13-7-2-3-8-14(13)17-12-6-4-5-11(15)9-12/h2-10H,16H2,1H3. The summed E-state index contributed by atoms with van der Waals surface area (Å²) in [6.07, 6.45) is 0. The van der Waals surface area contributed by atoms with Gasteiger partial charge in [0.25, 0.3) is 0 Å². The topological polar surface area (TPSA) is 35.2 Å². The van der Waals surface area contributed by atoms with Crippen LogP contribution in [0.15, 0.2) is 48.5 Å². The van der Waals surface area contributed by atoms with Gasteiger partial charge in [-0.25, -0.2) is 0 Å². The predicted molar refractivity (Wildman–Crippen MR) is 70.6 cm³/mol. The number of halogens is 1. The predicted octanol–water partition coefficient (Wildman–Crippen LogP) is 4.15. The smallest absolute Gasteiger partial charge is 0.132 e. The molecule has 0 saturated heterocycles. The molecule has 88 valence electrons. The molecule has 3 heteroatoms. The van der Waals surface area contributed by atoms with E-state index in [0.717, 1.165) is 11.3 Å². The fraction of sp³-hybridized carbons (Fsp3) is 0.143. The number of rotatable bonds is 3. The Kier molecular flexibility index (Phi) is 3.67. The second-order valence-corrected chi connectivity index (χ2v) is 4.32. The van der Waals surface area contributed by atoms with Crippen LogP contribution in [0.25, 0.3) is 0 Å². The minimum absolute atomic E-state index is 0.0645. The van der Waals surface area contributed by atoms with E-state index >= 15 is 0 Å². The maximum absolute atomic E-state index is 5.91. The Hall–Kier alpha value is -1.51. The van der Waals surface area contributed by atoms with Gasteiger partial charge in [-0.15, -0.1) is 0 Å². The van der Waals surface area contributed by atoms with E-state index in [1.807, 2.05) is 49.4 Å². The van der Waals surface area contributed by atoms with Crippen LogP contribution in [0.3, 0.4) is 0 Å². The van der Waals surface area contributed by atoms with Crippen LogP contribution in [-0.2, 0) is 0 Å². The summed E-state index contributed by atoms with van der Waals surface area (Å²) in [6, 6.07) is 15.0. The van der Waals surface area contributed by atoms with Crippen molar-refractivity contribution in [1.29, 1.82) is 0 Å². The van der Waals surface area contributed by atoms with Crippen molar-refractivity contribution in [2.75, 3.05) is 0 Å². The van der Waals surface area contributed by atoms with E-state index in [1.54, 1.807) is 6.07 Å². The van der Waals surface area contributed by atoms with E-state index in [0.29, 0.717) is 10.8 Å². The van der Waals surface area contributed by atoms with Crippen molar-refractivity contribution in [2.24, 2.45) is 5.73 Å². The molecular formula is C14H14ClNO. The highest BCUT2D eigenvalue weighted by Gasteiger charge is 2.07. The lowest BCUT2D eigenvalue weighted by Gasteiger charge is -2.13. The first-order valence-electron chi connectivity index (χ1n) is 5.45. The second kappa shape index (κ2) is 5.21. The molecule has 0 bridgehead atoms. The minimum atomic E-state index is -0.0645. The van der Waals surface area contributed by atoms with Gasteiger partial charge in [0.15, 0.2) is 0 Å². The Balaban J connectivity index is 2.30. The van der Waals surface area contributed by atoms with Gasteiger partial charge in [0.1, 0.15) is 11.5 Å². The molecule has 2 N–H and O–H groups in total. The molecule has 2 aromatic carbocycles. The van der Waals surface area contributed by atoms with Crippen molar-refractivity contribution in [2.45, 2.75) is 13.0 Å². The summed E-state index contributed by atoms with van der Waals surface area (Å²) in [4.78, 5) is 0. The normalized spacial score (nSPS) is 12.2. The third kappa shape index (κ3) is 2.99. The summed E-state index contributed by atoms with van der Waals surface area (Å²) in [6.45, 7) is 1.93. The van der Waals surface area contributed by atoms with Gasteiger partial charge in [-0.3, -0.25) is 0 Å². The molecule has 0 aliphatic carbocycles. The molecule has 0 aliphatic rings. The molecule has 0 heterocycles. The molecule has 0 aliphatic heterocycles. The first kappa shape index (κ1) is 12.0. The van der Waals surface area contributed by atoms with Gasteiger partial charge in [-0.05, 0) is 31.2 Å². The molecule has 1 atom stereocenters. The number of hydrogen-bond donors (Lipinski definition) is 1. The molecule has 0 amide bonds. The van der Waals surface area contributed by atoms with Crippen LogP contribution in [0.5, 0.6) is 11.5 Å². The summed E-state index contributed by atoms with van der Waals surface area (Å²) in [5, 5.41) is 0.653. The van der Waals surface area contributed by atoms with Crippen molar-refractivity contribution < 1.29 is 4.74 Å². The molecule has 2 nitrogen and oxygen atoms in total. The van der Waals surface area contributed by atoms with Crippen LogP contribution in [0.1, 0.15) is 18.5 Å². The lowest BCUT2D eigenvalue weighted by molar-refractivity contribution is 0.472. The first-order chi connectivity index (χ1) is 8.16. The SMILES string of the molecule is CC(N)c1ccccc1Oc1cccc(Cl)c1. The third-order valence-electron chi connectivity index (χ3n) is 2.43. The van der Waals surface area contributed by atoms with Crippen LogP contribution >= 0.6 is 11.6 Å². The van der Waals surface area contributed by atoms with Gasteiger partial charge < -0.3 is 10.5 Å². The monoisotopic (exact) mass is 247 g/mol. The molecule has 2 rings (SSSR count). The highest BCUT2D eigenvalue weighted by atomic mass is 35.5. The van der Waals surface area contributed by atoms with E-state index in [9.17, 15) is 0 Å². The average molecular weight is 248 g/mol. The van der Waals surface area contributed by atoms with Gasteiger partial charge in [-0.2, -0.15) is 0 Å². The van der Waals surface area contributed by atoms with Crippen molar-refractivity contribution >= 4 is 11.6 Å². The molecular weight excluding hydrogens is 234 g/mol. The Morgan fingerprint density at radius 1 is 1.12 bits per heavy atom. The van der Waals surface area contributed by atoms with Crippen molar-refractivity contribution in [3.63, 3.8) is 0 Å². The third-order valence-corrected chi connectivity index (χ3v) is 2.67. The summed E-state index contributed by atoms with van der Waals surface area (Å²) >= 11 is 5.91. The van der Waals surface area contributed by atoms with Gasteiger partial charge in [0.2, 0.25) is 0 Å². The van der Waals surface area contributed by atoms with Crippen molar-refractivity contribution in [3.05, 3.63) is 59.1 Å². The van der Waals surface area contributed by atoms with Gasteiger partial charge in [-0.1, -0.05) is 35.9 Å². The minimum Gasteiger partial charge on any atom is -0.457 e. The zero-order chi connectivity index (χ0) is 12.3. The quantitative estimate of drug-likeness (QED) is 0.884. The summed E-state index contributed by atoms with van der Waals surface area (Å²) in [5.74, 6) is 1.48. The highest BCUT2D eigenvalue weighted by Crippen LogP contribution is 2.29. The van der Waals surface area contributed by atoms with Crippen molar-refractivity contribution in [1.82, 2.24) is 0 Å². The van der Waals surface area contributed by atoms with Crippen LogP contribution in [0, 0.1) is 0 Å². The first-order valence-corrected chi connectivity index (χ1v) is 5.82. The highest BCUT2D eigenvalue weighted by molar-refractivity contribution is 6.30. The molecule has 0 aromatic heterocycles. The largest absolute Gasteiger partial charge is 0.457 e. The van der Waals surface area contributed by atoms with Gasteiger partial charge in [0, 0.05) is 16.6 Å². The second-order valence-electron chi connectivity index (χ2n) is 3.89. The average Bonchev–Trinajstić information content (AvgIpc) is 2.29. The Morgan fingerprint density at radius 2 is 1.88 bits per heavy atom. The summed E-state index contributed by atoms with van der Waals surface area (Å²) < 4.78 is 5.79. The number of ether oxygens (including phenoxy) is 1. The fourth-order valence-electron chi connectivity index (χ4n) is 1.61. The lowest BCUT2D eigenvalue weighted by Crippen LogP contribution is -2.06. The van der Waals surface area contributed by atoms with Crippen LogP contribution < -0.4 is 10.5 Å². The van der Waals surface area contributed by atoms with E-state index in [-0.39, 0.29) is 6.04 Å². The van der Waals surface area contributed by atoms with E-state index in [1.165, 1.54) is 0 Å². The molecule has 0 saturated carbocycles. The molecule has 0 spiro atoms. The van der Waals surface area contributed by atoms with E-state index < -0.39 is 0 Å². The maximum atomic E-state index is 5.91. The lowest BCUT2D eigenvalue weighted by atomic mass is 10.1. The molecule has 0 radical (unpaired) electrons. The summed E-state index contributed by atoms with van der Waals surface area (Å²) in [7, 11) is 0. The maximum Gasteiger partial charge on any atom is 0.132 e. The zero-order valence-corrected chi connectivity index (χ0v) is 10.3. The Bertz CT molecular complexity index is 511. The molecule has 2 aromatic rings. The van der Waals surface area contributed by atoms with Crippen LogP contribution in [-0.4, -0.2) is 0 Å². The molecule has 1 unspecified atom stereocenters. The van der Waals surface area contributed by atoms with Crippen LogP contribution in [0.4, 0.5) is 0 Å². The fourth-order valence-corrected chi connectivity index (χ4v) is 1.79. The van der Waals surface area contributed by atoms with E-state index in [4.69, 9.17) is 22.1 Å². The number of hydrogen-bond acceptors (Lipinski definition) is 2. The van der Waals surface area contributed by atoms with E-state index in [2.05, 4.69) is 0 Å². The molecule has 0 fully saturated rings.